The lowest BCUT2D eigenvalue weighted by Gasteiger charge is -2.15. The first-order valence-corrected chi connectivity index (χ1v) is 8.97. The summed E-state index contributed by atoms with van der Waals surface area (Å²) in [5.74, 6) is -0.115. The number of halogens is 2. The van der Waals surface area contributed by atoms with Crippen molar-refractivity contribution in [1.82, 2.24) is 0 Å². The number of phenols is 1. The quantitative estimate of drug-likeness (QED) is 0.607. The predicted octanol–water partition coefficient (Wildman–Crippen LogP) is 6.42. The highest BCUT2D eigenvalue weighted by Crippen LogP contribution is 2.38. The topological polar surface area (TPSA) is 20.2 Å². The van der Waals surface area contributed by atoms with E-state index in [0.29, 0.717) is 30.4 Å². The second kappa shape index (κ2) is 8.63. The maximum atomic E-state index is 14.5. The van der Waals surface area contributed by atoms with Gasteiger partial charge in [-0.15, -0.1) is 0 Å². The molecule has 0 saturated heterocycles. The molecule has 0 spiro atoms. The van der Waals surface area contributed by atoms with Gasteiger partial charge in [-0.1, -0.05) is 49.1 Å². The fourth-order valence-corrected chi connectivity index (χ4v) is 3.47. The Morgan fingerprint density at radius 1 is 1.11 bits per heavy atom. The summed E-state index contributed by atoms with van der Waals surface area (Å²) in [6.07, 6.45) is 8.82. The van der Waals surface area contributed by atoms with Crippen molar-refractivity contribution in [2.24, 2.45) is 0 Å². The first kappa shape index (κ1) is 18.8. The number of rotatable bonds is 5. The Hall–Kier alpha value is -2.94. The highest BCUT2D eigenvalue weighted by atomic mass is 19.1. The lowest BCUT2D eigenvalue weighted by Crippen LogP contribution is -1.97. The zero-order valence-electron chi connectivity index (χ0n) is 15.1. The van der Waals surface area contributed by atoms with Crippen LogP contribution in [-0.4, -0.2) is 11.8 Å². The van der Waals surface area contributed by atoms with E-state index in [4.69, 9.17) is 0 Å². The molecule has 1 nitrogen and oxygen atoms in total. The highest BCUT2D eigenvalue weighted by Gasteiger charge is 2.22. The van der Waals surface area contributed by atoms with Crippen LogP contribution < -0.4 is 0 Å². The molecule has 0 amide bonds. The van der Waals surface area contributed by atoms with Crippen molar-refractivity contribution in [1.29, 1.82) is 0 Å². The van der Waals surface area contributed by atoms with Gasteiger partial charge in [-0.2, -0.15) is 0 Å². The normalized spacial score (nSPS) is 15.9. The number of phenolic OH excluding ortho intramolecular Hbond substituents is 1. The molecule has 0 bridgehead atoms. The van der Waals surface area contributed by atoms with E-state index in [2.05, 4.69) is 6.58 Å². The average Bonchev–Trinajstić information content (AvgIpc) is 2.80. The molecule has 1 N–H and O–H groups in total. The van der Waals surface area contributed by atoms with Gasteiger partial charge in [0.25, 0.3) is 0 Å². The molecule has 2 aromatic carbocycles. The smallest absolute Gasteiger partial charge is 0.127 e. The van der Waals surface area contributed by atoms with Crippen molar-refractivity contribution in [2.75, 3.05) is 6.67 Å². The summed E-state index contributed by atoms with van der Waals surface area (Å²) in [6, 6.07) is 11.9. The summed E-state index contributed by atoms with van der Waals surface area (Å²) in [6.45, 7) is 3.11. The Bertz CT molecular complexity index is 935. The van der Waals surface area contributed by atoms with Crippen LogP contribution in [0.15, 0.2) is 78.4 Å². The second-order valence-corrected chi connectivity index (χ2v) is 6.50. The lowest BCUT2D eigenvalue weighted by molar-refractivity contribution is 0.475. The van der Waals surface area contributed by atoms with Gasteiger partial charge in [0.1, 0.15) is 18.2 Å². The maximum Gasteiger partial charge on any atom is 0.127 e. The van der Waals surface area contributed by atoms with Gasteiger partial charge in [0.05, 0.1) is 0 Å². The van der Waals surface area contributed by atoms with Crippen LogP contribution in [0.2, 0.25) is 0 Å². The van der Waals surface area contributed by atoms with Crippen LogP contribution in [0, 0.1) is 5.82 Å². The molecule has 0 saturated carbocycles. The van der Waals surface area contributed by atoms with Crippen molar-refractivity contribution >= 4 is 11.6 Å². The molecular weight excluding hydrogens is 342 g/mol. The highest BCUT2D eigenvalue weighted by molar-refractivity contribution is 5.93. The zero-order chi connectivity index (χ0) is 19.2. The molecule has 138 valence electrons. The van der Waals surface area contributed by atoms with Crippen LogP contribution in [0.5, 0.6) is 5.75 Å². The minimum absolute atomic E-state index is 0.153. The van der Waals surface area contributed by atoms with E-state index in [1.165, 1.54) is 6.07 Å². The van der Waals surface area contributed by atoms with Gasteiger partial charge in [-0.25, -0.2) is 8.78 Å². The zero-order valence-corrected chi connectivity index (χ0v) is 15.1. The van der Waals surface area contributed by atoms with Gasteiger partial charge in [0.2, 0.25) is 0 Å². The minimum atomic E-state index is -0.565. The summed E-state index contributed by atoms with van der Waals surface area (Å²) in [5.41, 5.74) is 4.52. The van der Waals surface area contributed by atoms with E-state index in [1.54, 1.807) is 30.3 Å². The third-order valence-electron chi connectivity index (χ3n) is 4.77. The average molecular weight is 364 g/mol. The van der Waals surface area contributed by atoms with Crippen molar-refractivity contribution in [3.05, 3.63) is 101 Å². The van der Waals surface area contributed by atoms with Crippen LogP contribution in [-0.2, 0) is 6.42 Å². The van der Waals surface area contributed by atoms with Gasteiger partial charge >= 0.3 is 0 Å². The maximum absolute atomic E-state index is 14.5. The Morgan fingerprint density at radius 2 is 1.93 bits per heavy atom. The fraction of sp³-hybridized carbons (Fsp3) is 0.167. The molecule has 27 heavy (non-hydrogen) atoms. The second-order valence-electron chi connectivity index (χ2n) is 6.50. The largest absolute Gasteiger partial charge is 0.508 e. The molecule has 1 aliphatic rings. The SMILES string of the molecule is C=C/C=C\CC1=C(CF)CCc2c(F)cccc2/C1=C/c1cccc(O)c1. The number of fused-ring (bicyclic) bond motifs is 1. The van der Waals surface area contributed by atoms with Crippen molar-refractivity contribution in [2.45, 2.75) is 19.3 Å². The molecule has 0 fully saturated rings. The van der Waals surface area contributed by atoms with E-state index < -0.39 is 6.67 Å². The molecule has 1 aliphatic carbocycles. The number of aromatic hydroxyl groups is 1. The Kier molecular flexibility index (Phi) is 6.02. The molecule has 0 heterocycles. The molecule has 2 aromatic rings. The predicted molar refractivity (Wildman–Crippen MR) is 108 cm³/mol. The summed E-state index contributed by atoms with van der Waals surface area (Å²) in [5, 5.41) is 9.79. The van der Waals surface area contributed by atoms with Gasteiger partial charge < -0.3 is 5.11 Å². The standard InChI is InChI=1S/C24H22F2O/c1-2-3-4-9-20-18(16-25)12-13-22-21(10-6-11-24(22)26)23(20)15-17-7-5-8-19(27)14-17/h2-8,10-11,14-15,27H,1,9,12-13,16H2/b4-3-,23-15+. The fourth-order valence-electron chi connectivity index (χ4n) is 3.47. The molecular formula is C24H22F2O. The summed E-state index contributed by atoms with van der Waals surface area (Å²) in [7, 11) is 0. The molecule has 0 radical (unpaired) electrons. The van der Waals surface area contributed by atoms with Crippen molar-refractivity contribution in [3.63, 3.8) is 0 Å². The number of hydrogen-bond donors (Lipinski definition) is 1. The van der Waals surface area contributed by atoms with E-state index in [-0.39, 0.29) is 11.6 Å². The first-order valence-electron chi connectivity index (χ1n) is 8.97. The van der Waals surface area contributed by atoms with Crippen molar-refractivity contribution in [3.8, 4) is 5.75 Å². The van der Waals surface area contributed by atoms with Crippen molar-refractivity contribution < 1.29 is 13.9 Å². The minimum Gasteiger partial charge on any atom is -0.508 e. The third kappa shape index (κ3) is 4.25. The van der Waals surface area contributed by atoms with Gasteiger partial charge in [0.15, 0.2) is 0 Å². The Labute approximate surface area is 158 Å². The lowest BCUT2D eigenvalue weighted by atomic mass is 9.90. The monoisotopic (exact) mass is 364 g/mol. The van der Waals surface area contributed by atoms with Crippen LogP contribution in [0.3, 0.4) is 0 Å². The summed E-state index contributed by atoms with van der Waals surface area (Å²) < 4.78 is 28.3. The third-order valence-corrected chi connectivity index (χ3v) is 4.77. The Morgan fingerprint density at radius 3 is 2.67 bits per heavy atom. The van der Waals surface area contributed by atoms with Crippen LogP contribution in [0.4, 0.5) is 8.78 Å². The van der Waals surface area contributed by atoms with Gasteiger partial charge in [0, 0.05) is 0 Å². The van der Waals surface area contributed by atoms with E-state index >= 15 is 0 Å². The number of benzene rings is 2. The van der Waals surface area contributed by atoms with Crippen LogP contribution in [0.25, 0.3) is 11.6 Å². The summed E-state index contributed by atoms with van der Waals surface area (Å²) >= 11 is 0. The molecule has 3 heteroatoms. The molecule has 0 aromatic heterocycles. The van der Waals surface area contributed by atoms with Crippen LogP contribution >= 0.6 is 0 Å². The number of allylic oxidation sites excluding steroid dienone is 6. The van der Waals surface area contributed by atoms with Gasteiger partial charge in [-0.05, 0) is 76.9 Å². The molecule has 0 unspecified atom stereocenters. The number of alkyl halides is 1. The molecule has 3 rings (SSSR count). The van der Waals surface area contributed by atoms with E-state index in [1.807, 2.05) is 30.4 Å². The van der Waals surface area contributed by atoms with E-state index in [0.717, 1.165) is 22.3 Å². The van der Waals surface area contributed by atoms with Gasteiger partial charge in [-0.3, -0.25) is 0 Å². The Balaban J connectivity index is 2.23. The molecule has 0 aliphatic heterocycles. The first-order chi connectivity index (χ1) is 13.1. The molecule has 0 atom stereocenters. The number of hydrogen-bond acceptors (Lipinski definition) is 1. The van der Waals surface area contributed by atoms with E-state index in [9.17, 15) is 13.9 Å². The summed E-state index contributed by atoms with van der Waals surface area (Å²) in [4.78, 5) is 0. The van der Waals surface area contributed by atoms with Crippen LogP contribution in [0.1, 0.15) is 29.5 Å².